The molecule has 1 aliphatic heterocycles. The molecule has 2 N–H and O–H groups in total. The van der Waals surface area contributed by atoms with Gasteiger partial charge in [0.15, 0.2) is 6.61 Å². The Labute approximate surface area is 172 Å². The minimum absolute atomic E-state index is 0.00909. The lowest BCUT2D eigenvalue weighted by Gasteiger charge is -2.31. The predicted octanol–water partition coefficient (Wildman–Crippen LogP) is 3.00. The number of carbonyl (C=O) groups excluding carboxylic acids is 1. The third-order valence-electron chi connectivity index (χ3n) is 4.93. The summed E-state index contributed by atoms with van der Waals surface area (Å²) in [6.45, 7) is 3.33. The van der Waals surface area contributed by atoms with E-state index in [4.69, 9.17) is 19.9 Å². The summed E-state index contributed by atoms with van der Waals surface area (Å²) in [6, 6.07) is 17.4. The van der Waals surface area contributed by atoms with E-state index in [-0.39, 0.29) is 18.6 Å². The van der Waals surface area contributed by atoms with Crippen molar-refractivity contribution in [3.05, 3.63) is 60.2 Å². The van der Waals surface area contributed by atoms with Gasteiger partial charge in [-0.1, -0.05) is 30.3 Å². The summed E-state index contributed by atoms with van der Waals surface area (Å²) < 4.78 is 17.2. The van der Waals surface area contributed by atoms with Crippen molar-refractivity contribution in [2.75, 3.05) is 32.8 Å². The first-order valence-electron chi connectivity index (χ1n) is 10.2. The number of nitrogens with two attached hydrogens (primary N) is 1. The number of rotatable bonds is 10. The van der Waals surface area contributed by atoms with Gasteiger partial charge in [-0.25, -0.2) is 0 Å². The fourth-order valence-corrected chi connectivity index (χ4v) is 3.21. The van der Waals surface area contributed by atoms with Crippen LogP contribution < -0.4 is 15.2 Å². The summed E-state index contributed by atoms with van der Waals surface area (Å²) in [5.41, 5.74) is 6.60. The summed E-state index contributed by atoms with van der Waals surface area (Å²) in [5.74, 6) is 1.43. The van der Waals surface area contributed by atoms with Gasteiger partial charge in [-0.3, -0.25) is 4.79 Å². The van der Waals surface area contributed by atoms with E-state index in [1.165, 1.54) is 0 Å². The van der Waals surface area contributed by atoms with Gasteiger partial charge in [0.05, 0.1) is 6.10 Å². The topological polar surface area (TPSA) is 74.0 Å². The molecule has 6 nitrogen and oxygen atoms in total. The second-order valence-corrected chi connectivity index (χ2v) is 7.13. The van der Waals surface area contributed by atoms with Crippen LogP contribution in [-0.2, 0) is 16.1 Å². The van der Waals surface area contributed by atoms with Crippen LogP contribution >= 0.6 is 0 Å². The third kappa shape index (κ3) is 7.07. The zero-order valence-electron chi connectivity index (χ0n) is 16.8. The maximum absolute atomic E-state index is 12.4. The summed E-state index contributed by atoms with van der Waals surface area (Å²) in [4.78, 5) is 14.2. The number of hydrogen-bond donors (Lipinski definition) is 1. The number of hydrogen-bond acceptors (Lipinski definition) is 5. The Bertz CT molecular complexity index is 728. The van der Waals surface area contributed by atoms with E-state index in [1.54, 1.807) is 0 Å². The average molecular weight is 399 g/mol. The molecule has 0 unspecified atom stereocenters. The maximum atomic E-state index is 12.4. The minimum Gasteiger partial charge on any atom is -0.489 e. The third-order valence-corrected chi connectivity index (χ3v) is 4.93. The molecule has 1 saturated heterocycles. The smallest absolute Gasteiger partial charge is 0.260 e. The second-order valence-electron chi connectivity index (χ2n) is 7.13. The highest BCUT2D eigenvalue weighted by Gasteiger charge is 2.23. The van der Waals surface area contributed by atoms with Gasteiger partial charge < -0.3 is 24.8 Å². The fraction of sp³-hybridized carbons (Fsp3) is 0.435. The molecule has 0 aromatic heterocycles. The van der Waals surface area contributed by atoms with Crippen LogP contribution in [0.5, 0.6) is 11.5 Å². The zero-order chi connectivity index (χ0) is 20.3. The largest absolute Gasteiger partial charge is 0.489 e. The molecular weight excluding hydrogens is 368 g/mol. The second kappa shape index (κ2) is 11.4. The van der Waals surface area contributed by atoms with Gasteiger partial charge in [0.25, 0.3) is 5.91 Å². The first kappa shape index (κ1) is 21.1. The Balaban J connectivity index is 1.36. The van der Waals surface area contributed by atoms with Crippen LogP contribution in [0.25, 0.3) is 0 Å². The molecule has 3 rings (SSSR count). The molecule has 0 saturated carbocycles. The number of ether oxygens (including phenoxy) is 3. The minimum atomic E-state index is 0.00909. The average Bonchev–Trinajstić information content (AvgIpc) is 2.78. The van der Waals surface area contributed by atoms with Gasteiger partial charge in [-0.2, -0.15) is 0 Å². The monoisotopic (exact) mass is 398 g/mol. The Morgan fingerprint density at radius 1 is 0.966 bits per heavy atom. The first-order valence-corrected chi connectivity index (χ1v) is 10.2. The van der Waals surface area contributed by atoms with Crippen molar-refractivity contribution in [3.63, 3.8) is 0 Å². The van der Waals surface area contributed by atoms with Crippen molar-refractivity contribution in [1.82, 2.24) is 4.90 Å². The van der Waals surface area contributed by atoms with Crippen molar-refractivity contribution >= 4 is 5.91 Å². The van der Waals surface area contributed by atoms with Gasteiger partial charge in [0.1, 0.15) is 18.1 Å². The molecular formula is C23H30N2O4. The van der Waals surface area contributed by atoms with Crippen molar-refractivity contribution in [3.8, 4) is 11.5 Å². The SMILES string of the molecule is NCCCOC1CCN(C(=O)COc2ccc(OCc3ccccc3)cc2)CC1. The lowest BCUT2D eigenvalue weighted by Crippen LogP contribution is -2.43. The number of piperidine rings is 1. The van der Waals surface area contributed by atoms with Crippen LogP contribution in [0.1, 0.15) is 24.8 Å². The predicted molar refractivity (Wildman–Crippen MR) is 112 cm³/mol. The van der Waals surface area contributed by atoms with Gasteiger partial charge in [-0.15, -0.1) is 0 Å². The van der Waals surface area contributed by atoms with Crippen LogP contribution in [0.2, 0.25) is 0 Å². The lowest BCUT2D eigenvalue weighted by atomic mass is 10.1. The summed E-state index contributed by atoms with van der Waals surface area (Å²) in [5, 5.41) is 0. The van der Waals surface area contributed by atoms with Crippen LogP contribution in [0.15, 0.2) is 54.6 Å². The zero-order valence-corrected chi connectivity index (χ0v) is 16.8. The molecule has 0 radical (unpaired) electrons. The van der Waals surface area contributed by atoms with Crippen LogP contribution in [0.4, 0.5) is 0 Å². The lowest BCUT2D eigenvalue weighted by molar-refractivity contribution is -0.136. The molecule has 0 aliphatic carbocycles. The van der Waals surface area contributed by atoms with Gasteiger partial charge in [-0.05, 0) is 55.6 Å². The number of benzene rings is 2. The van der Waals surface area contributed by atoms with E-state index in [1.807, 2.05) is 59.5 Å². The molecule has 2 aromatic rings. The molecule has 1 heterocycles. The molecule has 0 spiro atoms. The van der Waals surface area contributed by atoms with E-state index >= 15 is 0 Å². The highest BCUT2D eigenvalue weighted by atomic mass is 16.5. The van der Waals surface area contributed by atoms with Crippen molar-refractivity contribution in [2.45, 2.75) is 32.0 Å². The Kier molecular flexibility index (Phi) is 8.34. The van der Waals surface area contributed by atoms with Crippen LogP contribution in [0, 0.1) is 0 Å². The van der Waals surface area contributed by atoms with E-state index in [0.29, 0.717) is 38.6 Å². The van der Waals surface area contributed by atoms with Crippen molar-refractivity contribution < 1.29 is 19.0 Å². The molecule has 0 atom stereocenters. The Hall–Kier alpha value is -2.57. The molecule has 1 fully saturated rings. The quantitative estimate of drug-likeness (QED) is 0.623. The van der Waals surface area contributed by atoms with Crippen LogP contribution in [-0.4, -0.2) is 49.8 Å². The molecule has 6 heteroatoms. The van der Waals surface area contributed by atoms with Crippen molar-refractivity contribution in [1.29, 1.82) is 0 Å². The van der Waals surface area contributed by atoms with E-state index in [2.05, 4.69) is 0 Å². The molecule has 156 valence electrons. The maximum Gasteiger partial charge on any atom is 0.260 e. The van der Waals surface area contributed by atoms with Crippen molar-refractivity contribution in [2.24, 2.45) is 5.73 Å². The molecule has 29 heavy (non-hydrogen) atoms. The van der Waals surface area contributed by atoms with Gasteiger partial charge in [0.2, 0.25) is 0 Å². The molecule has 2 aromatic carbocycles. The van der Waals surface area contributed by atoms with Gasteiger partial charge in [0, 0.05) is 19.7 Å². The first-order chi connectivity index (χ1) is 14.2. The summed E-state index contributed by atoms with van der Waals surface area (Å²) >= 11 is 0. The van der Waals surface area contributed by atoms with E-state index in [9.17, 15) is 4.79 Å². The number of carbonyl (C=O) groups is 1. The Morgan fingerprint density at radius 3 is 2.28 bits per heavy atom. The normalized spacial score (nSPS) is 14.6. The fourth-order valence-electron chi connectivity index (χ4n) is 3.21. The highest BCUT2D eigenvalue weighted by molar-refractivity contribution is 5.77. The van der Waals surface area contributed by atoms with Crippen LogP contribution in [0.3, 0.4) is 0 Å². The Morgan fingerprint density at radius 2 is 1.62 bits per heavy atom. The number of likely N-dealkylation sites (tertiary alicyclic amines) is 1. The molecule has 0 bridgehead atoms. The van der Waals surface area contributed by atoms with E-state index < -0.39 is 0 Å². The van der Waals surface area contributed by atoms with E-state index in [0.717, 1.165) is 30.6 Å². The number of nitrogens with zero attached hydrogens (tertiary/aromatic N) is 1. The standard InChI is InChI=1S/C23H30N2O4/c24-13-4-16-27-22-11-14-25(15-12-22)23(26)18-29-21-9-7-20(8-10-21)28-17-19-5-2-1-3-6-19/h1-3,5-10,22H,4,11-18,24H2. The summed E-state index contributed by atoms with van der Waals surface area (Å²) in [7, 11) is 0. The van der Waals surface area contributed by atoms with Gasteiger partial charge >= 0.3 is 0 Å². The molecule has 1 aliphatic rings. The molecule has 1 amide bonds. The highest BCUT2D eigenvalue weighted by Crippen LogP contribution is 2.19. The number of amides is 1. The summed E-state index contributed by atoms with van der Waals surface area (Å²) in [6.07, 6.45) is 2.84.